The molecule has 2 rings (SSSR count). The molecule has 1 amide bonds. The molecule has 0 radical (unpaired) electrons. The van der Waals surface area contributed by atoms with Crippen LogP contribution in [-0.2, 0) is 4.74 Å². The normalized spacial score (nSPS) is 18.8. The van der Waals surface area contributed by atoms with Crippen LogP contribution in [0.4, 0.5) is 10.9 Å². The number of piperidine rings is 1. The number of likely N-dealkylation sites (tertiary alicyclic amines) is 1. The minimum Gasteiger partial charge on any atom is -0.384 e. The van der Waals surface area contributed by atoms with Crippen LogP contribution in [0.3, 0.4) is 0 Å². The van der Waals surface area contributed by atoms with Crippen LogP contribution in [0, 0.1) is 5.92 Å². The summed E-state index contributed by atoms with van der Waals surface area (Å²) in [4.78, 5) is 19.3. The van der Waals surface area contributed by atoms with Gasteiger partial charge in [-0.2, -0.15) is 0 Å². The molecule has 1 unspecified atom stereocenters. The third-order valence-electron chi connectivity index (χ3n) is 3.58. The fraction of sp³-hybridized carbons (Fsp3) is 0.714. The SMILES string of the molecule is CCCNc1nc(N)c(C(=O)N2CCCC(COC)C2)s1. The quantitative estimate of drug-likeness (QED) is 0.840. The lowest BCUT2D eigenvalue weighted by Gasteiger charge is -2.32. The van der Waals surface area contributed by atoms with Crippen molar-refractivity contribution in [2.45, 2.75) is 26.2 Å². The smallest absolute Gasteiger partial charge is 0.267 e. The van der Waals surface area contributed by atoms with Crippen molar-refractivity contribution in [3.8, 4) is 0 Å². The van der Waals surface area contributed by atoms with Crippen molar-refractivity contribution in [2.24, 2.45) is 5.92 Å². The highest BCUT2D eigenvalue weighted by Crippen LogP contribution is 2.28. The van der Waals surface area contributed by atoms with E-state index in [-0.39, 0.29) is 5.91 Å². The molecule has 21 heavy (non-hydrogen) atoms. The zero-order valence-corrected chi connectivity index (χ0v) is 13.5. The van der Waals surface area contributed by atoms with Gasteiger partial charge in [-0.1, -0.05) is 18.3 Å². The maximum atomic E-state index is 12.6. The van der Waals surface area contributed by atoms with Crippen LogP contribution in [0.1, 0.15) is 35.9 Å². The molecule has 0 bridgehead atoms. The average molecular weight is 312 g/mol. The van der Waals surface area contributed by atoms with Crippen LogP contribution in [0.2, 0.25) is 0 Å². The number of nitrogens with two attached hydrogens (primary N) is 1. The molecular weight excluding hydrogens is 288 g/mol. The molecule has 6 nitrogen and oxygen atoms in total. The first-order valence-corrected chi connectivity index (χ1v) is 8.25. The Morgan fingerprint density at radius 3 is 3.14 bits per heavy atom. The summed E-state index contributed by atoms with van der Waals surface area (Å²) < 4.78 is 5.20. The Morgan fingerprint density at radius 1 is 1.62 bits per heavy atom. The van der Waals surface area contributed by atoms with Gasteiger partial charge in [-0.15, -0.1) is 0 Å². The molecule has 0 aliphatic carbocycles. The summed E-state index contributed by atoms with van der Waals surface area (Å²) in [5.74, 6) is 0.743. The fourth-order valence-corrected chi connectivity index (χ4v) is 3.44. The first-order valence-electron chi connectivity index (χ1n) is 7.44. The van der Waals surface area contributed by atoms with Crippen molar-refractivity contribution in [3.05, 3.63) is 4.88 Å². The van der Waals surface area contributed by atoms with Crippen molar-refractivity contribution in [1.82, 2.24) is 9.88 Å². The monoisotopic (exact) mass is 312 g/mol. The van der Waals surface area contributed by atoms with E-state index in [1.54, 1.807) is 7.11 Å². The van der Waals surface area contributed by atoms with Gasteiger partial charge in [0.1, 0.15) is 10.7 Å². The van der Waals surface area contributed by atoms with E-state index in [1.807, 2.05) is 4.90 Å². The van der Waals surface area contributed by atoms with Gasteiger partial charge in [-0.05, 0) is 25.2 Å². The number of carbonyl (C=O) groups is 1. The van der Waals surface area contributed by atoms with Crippen LogP contribution in [0.5, 0.6) is 0 Å². The van der Waals surface area contributed by atoms with E-state index >= 15 is 0 Å². The van der Waals surface area contributed by atoms with Gasteiger partial charge in [-0.25, -0.2) is 4.98 Å². The maximum absolute atomic E-state index is 12.6. The van der Waals surface area contributed by atoms with E-state index in [9.17, 15) is 4.79 Å². The van der Waals surface area contributed by atoms with Gasteiger partial charge >= 0.3 is 0 Å². The van der Waals surface area contributed by atoms with Gasteiger partial charge < -0.3 is 20.7 Å². The van der Waals surface area contributed by atoms with E-state index in [4.69, 9.17) is 10.5 Å². The molecule has 1 aromatic heterocycles. The number of carbonyl (C=O) groups excluding carboxylic acids is 1. The van der Waals surface area contributed by atoms with Crippen LogP contribution < -0.4 is 11.1 Å². The summed E-state index contributed by atoms with van der Waals surface area (Å²) in [6.07, 6.45) is 3.13. The molecule has 0 spiro atoms. The molecule has 1 atom stereocenters. The fourth-order valence-electron chi connectivity index (χ4n) is 2.56. The van der Waals surface area contributed by atoms with E-state index in [2.05, 4.69) is 17.2 Å². The Bertz CT molecular complexity index is 476. The van der Waals surface area contributed by atoms with Gasteiger partial charge in [0.25, 0.3) is 5.91 Å². The number of rotatable bonds is 6. The number of thiazole rings is 1. The summed E-state index contributed by atoms with van der Waals surface area (Å²) in [5, 5.41) is 3.90. The van der Waals surface area contributed by atoms with Crippen LogP contribution in [0.25, 0.3) is 0 Å². The van der Waals surface area contributed by atoms with E-state index in [0.29, 0.717) is 23.2 Å². The standard InChI is InChI=1S/C14H24N4O2S/c1-3-6-16-14-17-12(15)11(21-14)13(19)18-7-4-5-10(8-18)9-20-2/h10H,3-9,15H2,1-2H3,(H,16,17). The van der Waals surface area contributed by atoms with Crippen molar-refractivity contribution in [1.29, 1.82) is 0 Å². The molecule has 0 aromatic carbocycles. The molecule has 118 valence electrons. The number of methoxy groups -OCH3 is 1. The third kappa shape index (κ3) is 4.07. The van der Waals surface area contributed by atoms with E-state index in [1.165, 1.54) is 11.3 Å². The molecule has 1 fully saturated rings. The number of hydrogen-bond acceptors (Lipinski definition) is 6. The van der Waals surface area contributed by atoms with Crippen molar-refractivity contribution >= 4 is 28.2 Å². The second-order valence-electron chi connectivity index (χ2n) is 5.37. The molecule has 7 heteroatoms. The molecule has 1 aliphatic rings. The zero-order chi connectivity index (χ0) is 15.2. The Morgan fingerprint density at radius 2 is 2.43 bits per heavy atom. The van der Waals surface area contributed by atoms with Crippen LogP contribution >= 0.6 is 11.3 Å². The largest absolute Gasteiger partial charge is 0.384 e. The molecule has 1 aliphatic heterocycles. The number of nitrogen functional groups attached to an aromatic ring is 1. The molecule has 3 N–H and O–H groups in total. The number of aromatic nitrogens is 1. The second kappa shape index (κ2) is 7.61. The highest BCUT2D eigenvalue weighted by atomic mass is 32.1. The molecule has 1 aromatic rings. The predicted octanol–water partition coefficient (Wildman–Crippen LogP) is 2.05. The number of anilines is 2. The number of hydrogen-bond donors (Lipinski definition) is 2. The second-order valence-corrected chi connectivity index (χ2v) is 6.37. The number of nitrogens with one attached hydrogen (secondary N) is 1. The number of ether oxygens (including phenoxy) is 1. The van der Waals surface area contributed by atoms with Gasteiger partial charge in [0.2, 0.25) is 0 Å². The number of amides is 1. The van der Waals surface area contributed by atoms with Gasteiger partial charge in [0.15, 0.2) is 5.13 Å². The van der Waals surface area contributed by atoms with Crippen molar-refractivity contribution < 1.29 is 9.53 Å². The van der Waals surface area contributed by atoms with E-state index in [0.717, 1.165) is 44.0 Å². The number of nitrogens with zero attached hydrogens (tertiary/aromatic N) is 2. The van der Waals surface area contributed by atoms with Crippen molar-refractivity contribution in [3.63, 3.8) is 0 Å². The highest BCUT2D eigenvalue weighted by Gasteiger charge is 2.27. The van der Waals surface area contributed by atoms with Crippen LogP contribution in [0.15, 0.2) is 0 Å². The third-order valence-corrected chi connectivity index (χ3v) is 4.60. The average Bonchev–Trinajstić information content (AvgIpc) is 2.86. The zero-order valence-electron chi connectivity index (χ0n) is 12.7. The van der Waals surface area contributed by atoms with Crippen LogP contribution in [-0.4, -0.2) is 49.1 Å². The molecule has 2 heterocycles. The highest BCUT2D eigenvalue weighted by molar-refractivity contribution is 7.18. The minimum absolute atomic E-state index is 0.00430. The Labute approximate surface area is 129 Å². The van der Waals surface area contributed by atoms with E-state index < -0.39 is 0 Å². The minimum atomic E-state index is -0.00430. The summed E-state index contributed by atoms with van der Waals surface area (Å²) in [5.41, 5.74) is 5.90. The Hall–Kier alpha value is -1.34. The predicted molar refractivity (Wildman–Crippen MR) is 85.8 cm³/mol. The summed E-state index contributed by atoms with van der Waals surface area (Å²) in [6.45, 7) is 5.14. The molecular formula is C14H24N4O2S. The molecule has 0 saturated carbocycles. The summed E-state index contributed by atoms with van der Waals surface area (Å²) in [6, 6.07) is 0. The Kier molecular flexibility index (Phi) is 5.81. The lowest BCUT2D eigenvalue weighted by atomic mass is 9.99. The van der Waals surface area contributed by atoms with Gasteiger partial charge in [0, 0.05) is 26.7 Å². The lowest BCUT2D eigenvalue weighted by molar-refractivity contribution is 0.0576. The first kappa shape index (κ1) is 16.0. The maximum Gasteiger partial charge on any atom is 0.267 e. The summed E-state index contributed by atoms with van der Waals surface area (Å²) in [7, 11) is 1.70. The van der Waals surface area contributed by atoms with Gasteiger partial charge in [0.05, 0.1) is 6.61 Å². The lowest BCUT2D eigenvalue weighted by Crippen LogP contribution is -2.41. The topological polar surface area (TPSA) is 80.5 Å². The van der Waals surface area contributed by atoms with Crippen molar-refractivity contribution in [2.75, 3.05) is 44.4 Å². The first-order chi connectivity index (χ1) is 10.2. The molecule has 1 saturated heterocycles. The van der Waals surface area contributed by atoms with Gasteiger partial charge in [-0.3, -0.25) is 4.79 Å². The summed E-state index contributed by atoms with van der Waals surface area (Å²) >= 11 is 1.35. The Balaban J connectivity index is 2.03.